The second-order valence-corrected chi connectivity index (χ2v) is 18.9. The summed E-state index contributed by atoms with van der Waals surface area (Å²) in [7, 11) is 0.571. The van der Waals surface area contributed by atoms with E-state index in [0.717, 1.165) is 70.8 Å². The number of piperidine rings is 1. The third kappa shape index (κ3) is 5.69. The van der Waals surface area contributed by atoms with Crippen LogP contribution in [0.5, 0.6) is 0 Å². The van der Waals surface area contributed by atoms with Crippen LogP contribution in [0.15, 0.2) is 24.5 Å². The van der Waals surface area contributed by atoms with Crippen molar-refractivity contribution in [3.8, 4) is 17.2 Å². The third-order valence-electron chi connectivity index (χ3n) is 8.70. The Morgan fingerprint density at radius 1 is 1.23 bits per heavy atom. The number of nitriles is 1. The first-order chi connectivity index (χ1) is 20.5. The van der Waals surface area contributed by atoms with E-state index >= 15 is 0 Å². The lowest BCUT2D eigenvalue weighted by Crippen LogP contribution is -2.50. The highest BCUT2D eigenvalue weighted by Crippen LogP contribution is 2.42. The van der Waals surface area contributed by atoms with Crippen molar-refractivity contribution < 1.29 is 14.6 Å². The molecule has 226 valence electrons. The van der Waals surface area contributed by atoms with Crippen molar-refractivity contribution in [2.75, 3.05) is 11.5 Å². The number of amides is 1. The van der Waals surface area contributed by atoms with Gasteiger partial charge in [-0.05, 0) is 37.8 Å². The zero-order chi connectivity index (χ0) is 30.5. The van der Waals surface area contributed by atoms with E-state index in [1.54, 1.807) is 4.68 Å². The maximum Gasteiger partial charge on any atom is 0.404 e. The standard InChI is InChI=1S/C30H37ClN8O3Si/c1-37-24(9-10-32)26-23(36-37)8-7-21(27(26)31)22-16-38(17-42-11-12-43(2,3)4)29-28(22)33-15-25(35-29)39-19-5-6-20(39)14-18(13-19)34-30(40)41/h7-8,15-16,18-20,34H,5-6,9,11-14,17H2,1-4H3,(H,40,41). The zero-order valence-electron chi connectivity index (χ0n) is 25.0. The van der Waals surface area contributed by atoms with Crippen LogP contribution in [0.2, 0.25) is 30.7 Å². The molecule has 1 aromatic carbocycles. The maximum absolute atomic E-state index is 11.3. The number of carboxylic acid groups (broad SMARTS) is 1. The molecule has 2 fully saturated rings. The van der Waals surface area contributed by atoms with Gasteiger partial charge in [-0.25, -0.2) is 14.8 Å². The van der Waals surface area contributed by atoms with Crippen LogP contribution in [-0.2, 0) is 24.9 Å². The van der Waals surface area contributed by atoms with Crippen LogP contribution >= 0.6 is 11.6 Å². The molecule has 13 heteroatoms. The van der Waals surface area contributed by atoms with Crippen molar-refractivity contribution >= 4 is 53.7 Å². The summed E-state index contributed by atoms with van der Waals surface area (Å²) in [5, 5.41) is 27.2. The van der Waals surface area contributed by atoms with Gasteiger partial charge in [0.2, 0.25) is 0 Å². The minimum absolute atomic E-state index is 0.0476. The molecule has 2 unspecified atom stereocenters. The predicted molar refractivity (Wildman–Crippen MR) is 169 cm³/mol. The first-order valence-electron chi connectivity index (χ1n) is 14.8. The molecular weight excluding hydrogens is 584 g/mol. The lowest BCUT2D eigenvalue weighted by Gasteiger charge is -2.39. The zero-order valence-corrected chi connectivity index (χ0v) is 26.7. The second kappa shape index (κ2) is 11.4. The first kappa shape index (κ1) is 29.4. The van der Waals surface area contributed by atoms with Crippen LogP contribution in [0.4, 0.5) is 10.6 Å². The van der Waals surface area contributed by atoms with Gasteiger partial charge in [-0.1, -0.05) is 37.3 Å². The van der Waals surface area contributed by atoms with Crippen molar-refractivity contribution in [3.63, 3.8) is 0 Å². The molecule has 4 aromatic rings. The number of nitrogens with zero attached hydrogens (tertiary/aromatic N) is 7. The van der Waals surface area contributed by atoms with E-state index in [4.69, 9.17) is 26.3 Å². The number of halogens is 1. The molecule has 1 amide bonds. The van der Waals surface area contributed by atoms with Gasteiger partial charge < -0.3 is 24.6 Å². The van der Waals surface area contributed by atoms with Gasteiger partial charge in [0, 0.05) is 62.6 Å². The number of anilines is 1. The average Bonchev–Trinajstić information content (AvgIpc) is 3.55. The van der Waals surface area contributed by atoms with Crippen LogP contribution in [0.1, 0.15) is 31.4 Å². The molecule has 2 aliphatic rings. The molecule has 0 aliphatic carbocycles. The normalized spacial score (nSPS) is 20.2. The van der Waals surface area contributed by atoms with Crippen molar-refractivity contribution in [2.45, 2.75) is 82.6 Å². The minimum Gasteiger partial charge on any atom is -0.465 e. The number of aryl methyl sites for hydroxylation is 1. The fourth-order valence-corrected chi connectivity index (χ4v) is 7.76. The fraction of sp³-hybridized carbons (Fsp3) is 0.500. The van der Waals surface area contributed by atoms with Crippen molar-refractivity contribution in [1.29, 1.82) is 5.26 Å². The Morgan fingerprint density at radius 3 is 2.65 bits per heavy atom. The Hall–Kier alpha value is -3.66. The van der Waals surface area contributed by atoms with Crippen LogP contribution in [0.3, 0.4) is 0 Å². The molecule has 2 bridgehead atoms. The molecule has 3 aromatic heterocycles. The van der Waals surface area contributed by atoms with Gasteiger partial charge in [-0.2, -0.15) is 10.4 Å². The number of nitrogens with one attached hydrogen (secondary N) is 1. The Kier molecular flexibility index (Phi) is 7.83. The number of carbonyl (C=O) groups is 1. The number of aromatic nitrogens is 5. The number of benzene rings is 1. The molecule has 2 aliphatic heterocycles. The fourth-order valence-electron chi connectivity index (χ4n) is 6.64. The summed E-state index contributed by atoms with van der Waals surface area (Å²) in [5.41, 5.74) is 4.59. The molecule has 43 heavy (non-hydrogen) atoms. The highest BCUT2D eigenvalue weighted by atomic mass is 35.5. The lowest BCUT2D eigenvalue weighted by atomic mass is 9.97. The maximum atomic E-state index is 11.3. The van der Waals surface area contributed by atoms with E-state index in [1.807, 2.05) is 36.1 Å². The summed E-state index contributed by atoms with van der Waals surface area (Å²) in [4.78, 5) is 23.7. The molecule has 0 spiro atoms. The molecule has 2 atom stereocenters. The van der Waals surface area contributed by atoms with Crippen LogP contribution in [-0.4, -0.2) is 68.3 Å². The summed E-state index contributed by atoms with van der Waals surface area (Å²) in [6, 6.07) is 7.54. The van der Waals surface area contributed by atoms with E-state index in [9.17, 15) is 15.2 Å². The molecule has 0 radical (unpaired) electrons. The van der Waals surface area contributed by atoms with Gasteiger partial charge >= 0.3 is 6.09 Å². The SMILES string of the molecule is Cn1nc2ccc(-c3cn(COCC[Si](C)(C)C)c4nc(N5C6CCC5CC(NC(=O)O)C6)cnc34)c(Cl)c2c1CC#N. The highest BCUT2D eigenvalue weighted by molar-refractivity contribution is 6.76. The summed E-state index contributed by atoms with van der Waals surface area (Å²) in [6.07, 6.45) is 6.57. The summed E-state index contributed by atoms with van der Waals surface area (Å²) in [5.74, 6) is 0.798. The van der Waals surface area contributed by atoms with Gasteiger partial charge in [0.25, 0.3) is 0 Å². The quantitative estimate of drug-likeness (QED) is 0.178. The van der Waals surface area contributed by atoms with Gasteiger partial charge in [0.05, 0.1) is 34.9 Å². The first-order valence-corrected chi connectivity index (χ1v) is 18.9. The van der Waals surface area contributed by atoms with Crippen molar-refractivity contribution in [3.05, 3.63) is 35.2 Å². The van der Waals surface area contributed by atoms with Crippen LogP contribution in [0.25, 0.3) is 33.2 Å². The average molecular weight is 621 g/mol. The Morgan fingerprint density at radius 2 is 1.98 bits per heavy atom. The number of hydrogen-bond donors (Lipinski definition) is 2. The lowest BCUT2D eigenvalue weighted by molar-refractivity contribution is 0.0899. The van der Waals surface area contributed by atoms with Crippen LogP contribution in [0, 0.1) is 11.3 Å². The topological polar surface area (TPSA) is 134 Å². The largest absolute Gasteiger partial charge is 0.465 e. The van der Waals surface area contributed by atoms with Gasteiger partial charge in [-0.15, -0.1) is 0 Å². The number of ether oxygens (including phenoxy) is 1. The molecule has 6 rings (SSSR count). The molecule has 11 nitrogen and oxygen atoms in total. The van der Waals surface area contributed by atoms with E-state index < -0.39 is 14.2 Å². The monoisotopic (exact) mass is 620 g/mol. The van der Waals surface area contributed by atoms with Crippen molar-refractivity contribution in [2.24, 2.45) is 7.05 Å². The number of hydrogen-bond acceptors (Lipinski definition) is 7. The minimum atomic E-state index is -1.26. The van der Waals surface area contributed by atoms with Gasteiger partial charge in [-0.3, -0.25) is 4.68 Å². The number of fused-ring (bicyclic) bond motifs is 4. The van der Waals surface area contributed by atoms with Crippen molar-refractivity contribution in [1.82, 2.24) is 29.6 Å². The van der Waals surface area contributed by atoms with Gasteiger partial charge in [0.15, 0.2) is 5.65 Å². The smallest absolute Gasteiger partial charge is 0.404 e. The van der Waals surface area contributed by atoms with E-state index in [2.05, 4.69) is 41.0 Å². The summed E-state index contributed by atoms with van der Waals surface area (Å²) in [6.45, 7) is 8.00. The molecule has 2 saturated heterocycles. The van der Waals surface area contributed by atoms with E-state index in [-0.39, 0.29) is 24.5 Å². The summed E-state index contributed by atoms with van der Waals surface area (Å²) < 4.78 is 9.89. The van der Waals surface area contributed by atoms with E-state index in [0.29, 0.717) is 24.0 Å². The number of rotatable bonds is 9. The Labute approximate surface area is 256 Å². The van der Waals surface area contributed by atoms with Crippen LogP contribution < -0.4 is 10.2 Å². The molecule has 2 N–H and O–H groups in total. The molecule has 0 saturated carbocycles. The predicted octanol–water partition coefficient (Wildman–Crippen LogP) is 5.78. The Balaban J connectivity index is 1.40. The van der Waals surface area contributed by atoms with E-state index in [1.165, 1.54) is 0 Å². The Bertz CT molecular complexity index is 1730. The second-order valence-electron chi connectivity index (χ2n) is 12.9. The molecular formula is C30H37ClN8O3Si. The summed E-state index contributed by atoms with van der Waals surface area (Å²) >= 11 is 7.06. The molecule has 5 heterocycles. The highest BCUT2D eigenvalue weighted by Gasteiger charge is 2.42. The van der Waals surface area contributed by atoms with Gasteiger partial charge in [0.1, 0.15) is 18.1 Å². The third-order valence-corrected chi connectivity index (χ3v) is 10.8.